The van der Waals surface area contributed by atoms with Gasteiger partial charge in [0, 0.05) is 14.2 Å². The molecular formula is C32H28N2O8S. The number of nitrogens with zero attached hydrogens (tertiary/aromatic N) is 2. The van der Waals surface area contributed by atoms with Crippen molar-refractivity contribution in [1.82, 2.24) is 0 Å². The van der Waals surface area contributed by atoms with Crippen molar-refractivity contribution in [1.29, 1.82) is 10.5 Å². The molecule has 0 atom stereocenters. The van der Waals surface area contributed by atoms with Crippen LogP contribution in [0.1, 0.15) is 11.1 Å². The highest BCUT2D eigenvalue weighted by Crippen LogP contribution is 2.34. The Kier molecular flexibility index (Phi) is 10.6. The van der Waals surface area contributed by atoms with E-state index in [4.69, 9.17) is 28.4 Å². The first kappa shape index (κ1) is 30.9. The molecule has 0 unspecified atom stereocenters. The van der Waals surface area contributed by atoms with Crippen LogP contribution in [0.3, 0.4) is 0 Å². The number of nitriles is 2. The van der Waals surface area contributed by atoms with Crippen LogP contribution in [0, 0.1) is 22.7 Å². The molecule has 0 N–H and O–H groups in total. The van der Waals surface area contributed by atoms with E-state index in [0.29, 0.717) is 36.2 Å². The maximum absolute atomic E-state index is 13.3. The van der Waals surface area contributed by atoms with Crippen LogP contribution in [0.2, 0.25) is 0 Å². The number of hydrogen-bond donors (Lipinski definition) is 0. The molecule has 220 valence electrons. The van der Waals surface area contributed by atoms with E-state index in [0.717, 1.165) is 0 Å². The zero-order valence-corrected chi connectivity index (χ0v) is 24.3. The summed E-state index contributed by atoms with van der Waals surface area (Å²) in [6.45, 7) is 1.27. The highest BCUT2D eigenvalue weighted by molar-refractivity contribution is 7.91. The molecule has 4 aromatic carbocycles. The molecule has 0 amide bonds. The summed E-state index contributed by atoms with van der Waals surface area (Å²) in [5.74, 6) is 1.95. The van der Waals surface area contributed by atoms with Crippen molar-refractivity contribution < 1.29 is 36.8 Å². The van der Waals surface area contributed by atoms with E-state index >= 15 is 0 Å². The maximum Gasteiger partial charge on any atom is 0.206 e. The Labute approximate surface area is 250 Å². The van der Waals surface area contributed by atoms with Gasteiger partial charge in [0.15, 0.2) is 0 Å². The highest BCUT2D eigenvalue weighted by Gasteiger charge is 2.19. The standard InChI is InChI=1S/C32H28N2O8S/c1-37-17-19-39-29-5-3-7-31(27(29)21-33)41-23-9-13-25(14-10-23)43(35,36)26-15-11-24(12-16-26)42-32-8-4-6-30(28(32)22-34)40-20-18-38-2/h3-16H,17-20H2,1-2H3. The molecule has 0 aromatic heterocycles. The molecule has 4 rings (SSSR count). The lowest BCUT2D eigenvalue weighted by atomic mass is 10.2. The first-order valence-electron chi connectivity index (χ1n) is 13.0. The van der Waals surface area contributed by atoms with Gasteiger partial charge in [-0.3, -0.25) is 0 Å². The lowest BCUT2D eigenvalue weighted by Gasteiger charge is -2.13. The van der Waals surface area contributed by atoms with Crippen LogP contribution in [0.25, 0.3) is 0 Å². The predicted octanol–water partition coefficient (Wildman–Crippen LogP) is 5.90. The van der Waals surface area contributed by atoms with Crippen LogP contribution in [0.15, 0.2) is 94.7 Å². The number of sulfone groups is 1. The molecule has 0 bridgehead atoms. The summed E-state index contributed by atoms with van der Waals surface area (Å²) >= 11 is 0. The van der Waals surface area contributed by atoms with E-state index in [1.165, 1.54) is 48.5 Å². The second-order valence-electron chi connectivity index (χ2n) is 8.82. The fourth-order valence-corrected chi connectivity index (χ4v) is 5.15. The summed E-state index contributed by atoms with van der Waals surface area (Å²) in [5, 5.41) is 19.3. The Hall–Kier alpha value is -5.07. The third-order valence-corrected chi connectivity index (χ3v) is 7.80. The molecule has 0 fully saturated rings. The molecule has 0 saturated heterocycles. The van der Waals surface area contributed by atoms with Crippen molar-refractivity contribution in [2.75, 3.05) is 40.6 Å². The van der Waals surface area contributed by atoms with Gasteiger partial charge < -0.3 is 28.4 Å². The summed E-state index contributed by atoms with van der Waals surface area (Å²) in [4.78, 5) is 0.108. The van der Waals surface area contributed by atoms with Gasteiger partial charge in [-0.25, -0.2) is 8.42 Å². The van der Waals surface area contributed by atoms with Gasteiger partial charge in [0.2, 0.25) is 9.84 Å². The Morgan fingerprint density at radius 2 is 0.930 bits per heavy atom. The van der Waals surface area contributed by atoms with E-state index in [1.54, 1.807) is 50.6 Å². The molecule has 0 aliphatic heterocycles. The highest BCUT2D eigenvalue weighted by atomic mass is 32.2. The Morgan fingerprint density at radius 3 is 1.28 bits per heavy atom. The fraction of sp³-hybridized carbons (Fsp3) is 0.188. The minimum absolute atomic E-state index is 0.0540. The van der Waals surface area contributed by atoms with Crippen molar-refractivity contribution in [3.05, 3.63) is 96.1 Å². The SMILES string of the molecule is COCCOc1cccc(Oc2ccc(S(=O)(=O)c3ccc(Oc4cccc(OCCOC)c4C#N)cc3)cc2)c1C#N. The van der Waals surface area contributed by atoms with Crippen molar-refractivity contribution in [3.8, 4) is 46.6 Å². The average Bonchev–Trinajstić information content (AvgIpc) is 3.02. The van der Waals surface area contributed by atoms with E-state index < -0.39 is 9.84 Å². The number of ether oxygens (including phenoxy) is 6. The molecule has 10 nitrogen and oxygen atoms in total. The predicted molar refractivity (Wildman–Crippen MR) is 156 cm³/mol. The van der Waals surface area contributed by atoms with E-state index in [1.807, 2.05) is 0 Å². The van der Waals surface area contributed by atoms with Gasteiger partial charge in [0.05, 0.1) is 23.0 Å². The quantitative estimate of drug-likeness (QED) is 0.161. The smallest absolute Gasteiger partial charge is 0.206 e. The van der Waals surface area contributed by atoms with Crippen molar-refractivity contribution in [3.63, 3.8) is 0 Å². The first-order chi connectivity index (χ1) is 20.9. The summed E-state index contributed by atoms with van der Waals surface area (Å²) in [6.07, 6.45) is 0. The molecule has 0 radical (unpaired) electrons. The molecule has 0 aliphatic rings. The summed E-state index contributed by atoms with van der Waals surface area (Å²) in [7, 11) is -0.758. The van der Waals surface area contributed by atoms with Gasteiger partial charge >= 0.3 is 0 Å². The average molecular weight is 601 g/mol. The van der Waals surface area contributed by atoms with Gasteiger partial charge in [-0.2, -0.15) is 10.5 Å². The van der Waals surface area contributed by atoms with Gasteiger partial charge in [-0.1, -0.05) is 12.1 Å². The van der Waals surface area contributed by atoms with Crippen molar-refractivity contribution in [2.45, 2.75) is 9.79 Å². The lowest BCUT2D eigenvalue weighted by Crippen LogP contribution is -2.05. The Morgan fingerprint density at radius 1 is 0.558 bits per heavy atom. The minimum Gasteiger partial charge on any atom is -0.490 e. The largest absolute Gasteiger partial charge is 0.490 e. The molecule has 0 spiro atoms. The molecular weight excluding hydrogens is 572 g/mol. The molecule has 4 aromatic rings. The molecule has 0 saturated carbocycles. The first-order valence-corrected chi connectivity index (χ1v) is 14.5. The Balaban J connectivity index is 1.47. The van der Waals surface area contributed by atoms with Crippen molar-refractivity contribution >= 4 is 9.84 Å². The summed E-state index contributed by atoms with van der Waals surface area (Å²) in [6, 6.07) is 25.9. The van der Waals surface area contributed by atoms with E-state index in [9.17, 15) is 18.9 Å². The number of methoxy groups -OCH3 is 2. The normalized spacial score (nSPS) is 10.8. The van der Waals surface area contributed by atoms with Crippen LogP contribution in [0.4, 0.5) is 0 Å². The van der Waals surface area contributed by atoms with Crippen LogP contribution in [-0.2, 0) is 19.3 Å². The number of benzene rings is 4. The summed E-state index contributed by atoms with van der Waals surface area (Å²) < 4.78 is 59.5. The summed E-state index contributed by atoms with van der Waals surface area (Å²) in [5.41, 5.74) is 0.426. The zero-order chi connectivity index (χ0) is 30.7. The fourth-order valence-electron chi connectivity index (χ4n) is 3.89. The third kappa shape index (κ3) is 7.61. The van der Waals surface area contributed by atoms with Gasteiger partial charge in [0.25, 0.3) is 0 Å². The second-order valence-corrected chi connectivity index (χ2v) is 10.8. The molecule has 43 heavy (non-hydrogen) atoms. The Bertz CT molecular complexity index is 1600. The monoisotopic (exact) mass is 600 g/mol. The topological polar surface area (TPSA) is 137 Å². The lowest BCUT2D eigenvalue weighted by molar-refractivity contribution is 0.146. The molecule has 11 heteroatoms. The van der Waals surface area contributed by atoms with Crippen LogP contribution >= 0.6 is 0 Å². The van der Waals surface area contributed by atoms with Gasteiger partial charge in [0.1, 0.15) is 71.0 Å². The minimum atomic E-state index is -3.86. The van der Waals surface area contributed by atoms with Crippen LogP contribution in [0.5, 0.6) is 34.5 Å². The van der Waals surface area contributed by atoms with Crippen LogP contribution < -0.4 is 18.9 Å². The molecule has 0 heterocycles. The van der Waals surface area contributed by atoms with Gasteiger partial charge in [-0.15, -0.1) is 0 Å². The second kappa shape index (κ2) is 14.7. The maximum atomic E-state index is 13.3. The molecule has 0 aliphatic carbocycles. The van der Waals surface area contributed by atoms with E-state index in [-0.39, 0.29) is 45.6 Å². The third-order valence-electron chi connectivity index (χ3n) is 6.01. The van der Waals surface area contributed by atoms with Crippen molar-refractivity contribution in [2.24, 2.45) is 0 Å². The number of rotatable bonds is 14. The van der Waals surface area contributed by atoms with Crippen LogP contribution in [-0.4, -0.2) is 49.1 Å². The zero-order valence-electron chi connectivity index (χ0n) is 23.5. The van der Waals surface area contributed by atoms with E-state index in [2.05, 4.69) is 12.1 Å². The number of hydrogen-bond acceptors (Lipinski definition) is 10. The van der Waals surface area contributed by atoms with Gasteiger partial charge in [-0.05, 0) is 72.8 Å².